The zero-order valence-electron chi connectivity index (χ0n) is 11.8. The van der Waals surface area contributed by atoms with Crippen molar-refractivity contribution in [3.8, 4) is 0 Å². The molecule has 0 amide bonds. The molecule has 1 saturated carbocycles. The van der Waals surface area contributed by atoms with Crippen LogP contribution in [0.3, 0.4) is 0 Å². The number of likely N-dealkylation sites (N-methyl/N-ethyl adjacent to an activating group) is 1. The number of nitrogens with one attached hydrogen (secondary N) is 1. The topological polar surface area (TPSA) is 51.0 Å². The van der Waals surface area contributed by atoms with Gasteiger partial charge in [-0.2, -0.15) is 4.98 Å². The monoisotopic (exact) mass is 325 g/mol. The predicted octanol–water partition coefficient (Wildman–Crippen LogP) is 3.51. The van der Waals surface area contributed by atoms with E-state index >= 15 is 0 Å². The van der Waals surface area contributed by atoms with E-state index in [2.05, 4.69) is 15.5 Å². The first-order valence-electron chi connectivity index (χ1n) is 7.08. The van der Waals surface area contributed by atoms with E-state index in [0.29, 0.717) is 34.2 Å². The first-order chi connectivity index (χ1) is 10.2. The highest BCUT2D eigenvalue weighted by Gasteiger charge is 2.31. The van der Waals surface area contributed by atoms with E-state index in [1.165, 1.54) is 12.8 Å². The third kappa shape index (κ3) is 3.76. The maximum absolute atomic E-state index is 6.01. The van der Waals surface area contributed by atoms with Crippen molar-refractivity contribution in [1.82, 2.24) is 15.5 Å². The van der Waals surface area contributed by atoms with Crippen molar-refractivity contribution in [1.29, 1.82) is 0 Å². The molecule has 0 saturated heterocycles. The van der Waals surface area contributed by atoms with Gasteiger partial charge in [-0.1, -0.05) is 34.4 Å². The maximum Gasteiger partial charge on any atom is 0.228 e. The Morgan fingerprint density at radius 1 is 1.33 bits per heavy atom. The van der Waals surface area contributed by atoms with Crippen LogP contribution in [0.5, 0.6) is 0 Å². The van der Waals surface area contributed by atoms with Gasteiger partial charge in [0.2, 0.25) is 5.89 Å². The molecule has 2 aromatic rings. The zero-order valence-corrected chi connectivity index (χ0v) is 13.3. The Labute approximate surface area is 133 Å². The summed E-state index contributed by atoms with van der Waals surface area (Å²) in [5.74, 6) is 2.12. The zero-order chi connectivity index (χ0) is 14.8. The van der Waals surface area contributed by atoms with Crippen LogP contribution in [0.25, 0.3) is 0 Å². The third-order valence-electron chi connectivity index (χ3n) is 3.81. The van der Waals surface area contributed by atoms with Crippen molar-refractivity contribution in [2.24, 2.45) is 5.92 Å². The molecule has 0 spiro atoms. The van der Waals surface area contributed by atoms with Gasteiger partial charge in [0.15, 0.2) is 5.82 Å². The molecule has 1 aromatic heterocycles. The molecule has 21 heavy (non-hydrogen) atoms. The summed E-state index contributed by atoms with van der Waals surface area (Å²) in [5.41, 5.74) is 1.02. The van der Waals surface area contributed by atoms with Crippen molar-refractivity contribution in [2.45, 2.75) is 31.7 Å². The highest BCUT2D eigenvalue weighted by molar-refractivity contribution is 6.42. The maximum atomic E-state index is 6.01. The summed E-state index contributed by atoms with van der Waals surface area (Å²) in [4.78, 5) is 4.46. The van der Waals surface area contributed by atoms with E-state index in [1.807, 2.05) is 19.2 Å². The summed E-state index contributed by atoms with van der Waals surface area (Å²) in [6, 6.07) is 5.97. The summed E-state index contributed by atoms with van der Waals surface area (Å²) in [6.07, 6.45) is 3.95. The standard InChI is InChI=1S/C15H17Cl2N3O/c1-18-13(10-3-4-10)8-15-19-14(20-21-15)7-9-2-5-11(16)12(17)6-9/h2,5-6,10,13,18H,3-4,7-8H2,1H3. The van der Waals surface area contributed by atoms with Crippen LogP contribution in [0.4, 0.5) is 0 Å². The van der Waals surface area contributed by atoms with E-state index < -0.39 is 0 Å². The van der Waals surface area contributed by atoms with Crippen LogP contribution in [-0.4, -0.2) is 23.2 Å². The average molecular weight is 326 g/mol. The quantitative estimate of drug-likeness (QED) is 0.883. The predicted molar refractivity (Wildman–Crippen MR) is 82.8 cm³/mol. The molecule has 1 aliphatic carbocycles. The van der Waals surface area contributed by atoms with Gasteiger partial charge in [-0.05, 0) is 43.5 Å². The van der Waals surface area contributed by atoms with Gasteiger partial charge in [-0.25, -0.2) is 0 Å². The Morgan fingerprint density at radius 3 is 2.81 bits per heavy atom. The summed E-state index contributed by atoms with van der Waals surface area (Å²) < 4.78 is 5.34. The van der Waals surface area contributed by atoms with Gasteiger partial charge in [-0.15, -0.1) is 0 Å². The van der Waals surface area contributed by atoms with Gasteiger partial charge in [0.05, 0.1) is 10.0 Å². The molecule has 4 nitrogen and oxygen atoms in total. The summed E-state index contributed by atoms with van der Waals surface area (Å²) in [5, 5.41) is 8.46. The lowest BCUT2D eigenvalue weighted by molar-refractivity contribution is 0.349. The number of nitrogens with zero attached hydrogens (tertiary/aromatic N) is 2. The van der Waals surface area contributed by atoms with Gasteiger partial charge in [0.25, 0.3) is 0 Å². The highest BCUT2D eigenvalue weighted by Crippen LogP contribution is 2.33. The molecular weight excluding hydrogens is 309 g/mol. The summed E-state index contributed by atoms with van der Waals surface area (Å²) in [6.45, 7) is 0. The molecule has 1 heterocycles. The Morgan fingerprint density at radius 2 is 2.14 bits per heavy atom. The third-order valence-corrected chi connectivity index (χ3v) is 4.55. The molecule has 6 heteroatoms. The largest absolute Gasteiger partial charge is 0.339 e. The molecule has 1 N–H and O–H groups in total. The smallest absolute Gasteiger partial charge is 0.228 e. The number of benzene rings is 1. The van der Waals surface area contributed by atoms with Crippen molar-refractivity contribution in [3.05, 3.63) is 45.5 Å². The van der Waals surface area contributed by atoms with Crippen LogP contribution in [0.1, 0.15) is 30.1 Å². The molecule has 3 rings (SSSR count). The normalized spacial score (nSPS) is 16.1. The lowest BCUT2D eigenvalue weighted by atomic mass is 10.1. The fourth-order valence-electron chi connectivity index (χ4n) is 2.47. The van der Waals surface area contributed by atoms with E-state index in [4.69, 9.17) is 27.7 Å². The average Bonchev–Trinajstić information content (AvgIpc) is 3.22. The summed E-state index contributed by atoms with van der Waals surface area (Å²) >= 11 is 11.9. The SMILES string of the molecule is CNC(Cc1nc(Cc2ccc(Cl)c(Cl)c2)no1)C1CC1. The molecule has 1 aliphatic rings. The first kappa shape index (κ1) is 14.8. The second-order valence-corrected chi connectivity index (χ2v) is 6.28. The lowest BCUT2D eigenvalue weighted by Crippen LogP contribution is -2.29. The first-order valence-corrected chi connectivity index (χ1v) is 7.84. The number of aromatic nitrogens is 2. The number of hydrogen-bond donors (Lipinski definition) is 1. The molecule has 1 aromatic carbocycles. The van der Waals surface area contributed by atoms with Gasteiger partial charge >= 0.3 is 0 Å². The van der Waals surface area contributed by atoms with E-state index in [0.717, 1.165) is 17.9 Å². The Bertz CT molecular complexity index is 625. The van der Waals surface area contributed by atoms with Crippen molar-refractivity contribution in [3.63, 3.8) is 0 Å². The second kappa shape index (κ2) is 6.34. The van der Waals surface area contributed by atoms with Gasteiger partial charge in [-0.3, -0.25) is 0 Å². The fraction of sp³-hybridized carbons (Fsp3) is 0.467. The van der Waals surface area contributed by atoms with Gasteiger partial charge in [0, 0.05) is 18.9 Å². The minimum Gasteiger partial charge on any atom is -0.339 e. The molecular formula is C15H17Cl2N3O. The lowest BCUT2D eigenvalue weighted by Gasteiger charge is -2.11. The Kier molecular flexibility index (Phi) is 4.48. The molecule has 1 fully saturated rings. The molecule has 112 valence electrons. The minimum atomic E-state index is 0.434. The number of halogens is 2. The molecule has 0 bridgehead atoms. The van der Waals surface area contributed by atoms with Crippen molar-refractivity contribution >= 4 is 23.2 Å². The van der Waals surface area contributed by atoms with E-state index in [1.54, 1.807) is 6.07 Å². The highest BCUT2D eigenvalue weighted by atomic mass is 35.5. The fourth-order valence-corrected chi connectivity index (χ4v) is 2.79. The van der Waals surface area contributed by atoms with Crippen LogP contribution in [0.2, 0.25) is 10.0 Å². The molecule has 1 unspecified atom stereocenters. The van der Waals surface area contributed by atoms with Gasteiger partial charge < -0.3 is 9.84 Å². The van der Waals surface area contributed by atoms with Crippen LogP contribution < -0.4 is 5.32 Å². The molecule has 0 aliphatic heterocycles. The molecule has 0 radical (unpaired) electrons. The second-order valence-electron chi connectivity index (χ2n) is 5.47. The van der Waals surface area contributed by atoms with Crippen LogP contribution >= 0.6 is 23.2 Å². The minimum absolute atomic E-state index is 0.434. The summed E-state index contributed by atoms with van der Waals surface area (Å²) in [7, 11) is 1.98. The van der Waals surface area contributed by atoms with Gasteiger partial charge in [0.1, 0.15) is 0 Å². The van der Waals surface area contributed by atoms with E-state index in [9.17, 15) is 0 Å². The van der Waals surface area contributed by atoms with Crippen LogP contribution in [0.15, 0.2) is 22.7 Å². The Hall–Kier alpha value is -1.10. The Balaban J connectivity index is 1.65. The number of hydrogen-bond acceptors (Lipinski definition) is 4. The van der Waals surface area contributed by atoms with Crippen molar-refractivity contribution < 1.29 is 4.52 Å². The number of rotatable bonds is 6. The van der Waals surface area contributed by atoms with Crippen molar-refractivity contribution in [2.75, 3.05) is 7.05 Å². The van der Waals surface area contributed by atoms with E-state index in [-0.39, 0.29) is 0 Å². The van der Waals surface area contributed by atoms with Crippen LogP contribution in [0, 0.1) is 5.92 Å². The van der Waals surface area contributed by atoms with Crippen LogP contribution in [-0.2, 0) is 12.8 Å². The molecule has 1 atom stereocenters.